The molecule has 0 spiro atoms. The number of amides is 2. The van der Waals surface area contributed by atoms with E-state index in [4.69, 9.17) is 0 Å². The highest BCUT2D eigenvalue weighted by Gasteiger charge is 2.24. The fraction of sp³-hybridized carbons (Fsp3) is 0.143. The summed E-state index contributed by atoms with van der Waals surface area (Å²) in [6.07, 6.45) is 1.68. The molecule has 1 aromatic heterocycles. The van der Waals surface area contributed by atoms with E-state index in [1.807, 2.05) is 55.5 Å². The first-order valence-electron chi connectivity index (χ1n) is 8.92. The zero-order valence-corrected chi connectivity index (χ0v) is 17.5. The van der Waals surface area contributed by atoms with Crippen LogP contribution in [0.3, 0.4) is 0 Å². The average Bonchev–Trinajstić information content (AvgIpc) is 2.81. The second-order valence-corrected chi connectivity index (χ2v) is 8.49. The lowest BCUT2D eigenvalue weighted by molar-refractivity contribution is -0.113. The second kappa shape index (κ2) is 8.26. The summed E-state index contributed by atoms with van der Waals surface area (Å²) in [6.45, 7) is 1.89. The smallest absolute Gasteiger partial charge is 0.259 e. The molecule has 0 saturated carbocycles. The molecule has 4 rings (SSSR count). The van der Waals surface area contributed by atoms with E-state index in [0.29, 0.717) is 16.4 Å². The highest BCUT2D eigenvalue weighted by Crippen LogP contribution is 2.41. The number of aromatic nitrogens is 2. The molecule has 1 N–H and O–H groups in total. The quantitative estimate of drug-likeness (QED) is 0.500. The molecule has 3 aromatic rings. The number of fused-ring (bicyclic) bond motifs is 2. The minimum atomic E-state index is -0.136. The number of hydrogen-bond acceptors (Lipinski definition) is 6. The Bertz CT molecular complexity index is 1100. The van der Waals surface area contributed by atoms with Crippen molar-refractivity contribution < 1.29 is 9.59 Å². The SMILES string of the molecule is Cc1ccnc(SCC(=O)Nc2ccc3c(c2)Sc2ccccc2C(=O)N3C)n1. The van der Waals surface area contributed by atoms with Crippen LogP contribution in [0.5, 0.6) is 0 Å². The van der Waals surface area contributed by atoms with Crippen molar-refractivity contribution in [3.05, 3.63) is 66.0 Å². The van der Waals surface area contributed by atoms with E-state index in [-0.39, 0.29) is 17.6 Å². The van der Waals surface area contributed by atoms with Crippen LogP contribution in [0.15, 0.2) is 69.7 Å². The number of nitrogens with zero attached hydrogens (tertiary/aromatic N) is 3. The van der Waals surface area contributed by atoms with Crippen molar-refractivity contribution in [3.63, 3.8) is 0 Å². The number of benzene rings is 2. The zero-order valence-electron chi connectivity index (χ0n) is 15.9. The molecular formula is C21H18N4O2S2. The second-order valence-electron chi connectivity index (χ2n) is 6.46. The molecule has 1 aliphatic heterocycles. The monoisotopic (exact) mass is 422 g/mol. The summed E-state index contributed by atoms with van der Waals surface area (Å²) >= 11 is 2.82. The van der Waals surface area contributed by atoms with Crippen molar-refractivity contribution in [2.75, 3.05) is 23.0 Å². The largest absolute Gasteiger partial charge is 0.325 e. The fourth-order valence-corrected chi connectivity index (χ4v) is 4.73. The van der Waals surface area contributed by atoms with Gasteiger partial charge in [-0.05, 0) is 43.3 Å². The van der Waals surface area contributed by atoms with Gasteiger partial charge >= 0.3 is 0 Å². The van der Waals surface area contributed by atoms with Gasteiger partial charge < -0.3 is 10.2 Å². The highest BCUT2D eigenvalue weighted by molar-refractivity contribution is 8.00. The van der Waals surface area contributed by atoms with Gasteiger partial charge in [-0.1, -0.05) is 35.7 Å². The standard InChI is InChI=1S/C21H18N4O2S2/c1-13-9-10-22-21(23-13)28-12-19(26)24-14-7-8-16-18(11-14)29-17-6-4-3-5-15(17)20(27)25(16)2/h3-11H,12H2,1-2H3,(H,24,26). The van der Waals surface area contributed by atoms with Gasteiger partial charge in [-0.15, -0.1) is 0 Å². The topological polar surface area (TPSA) is 75.2 Å². The van der Waals surface area contributed by atoms with Crippen LogP contribution in [0.2, 0.25) is 0 Å². The maximum absolute atomic E-state index is 12.7. The molecule has 2 heterocycles. The molecule has 0 atom stereocenters. The Morgan fingerprint density at radius 1 is 1.17 bits per heavy atom. The van der Waals surface area contributed by atoms with Crippen molar-refractivity contribution >= 4 is 46.7 Å². The Balaban J connectivity index is 1.50. The van der Waals surface area contributed by atoms with Gasteiger partial charge in [-0.2, -0.15) is 0 Å². The van der Waals surface area contributed by atoms with Crippen molar-refractivity contribution in [1.82, 2.24) is 9.97 Å². The van der Waals surface area contributed by atoms with Crippen LogP contribution in [-0.4, -0.2) is 34.6 Å². The Morgan fingerprint density at radius 3 is 2.83 bits per heavy atom. The van der Waals surface area contributed by atoms with Crippen molar-refractivity contribution in [2.24, 2.45) is 0 Å². The van der Waals surface area contributed by atoms with Crippen LogP contribution >= 0.6 is 23.5 Å². The van der Waals surface area contributed by atoms with Gasteiger partial charge in [0.1, 0.15) is 0 Å². The molecule has 29 heavy (non-hydrogen) atoms. The molecule has 2 amide bonds. The summed E-state index contributed by atoms with van der Waals surface area (Å²) in [5.74, 6) is 0.0382. The van der Waals surface area contributed by atoms with Gasteiger partial charge in [0.25, 0.3) is 5.91 Å². The minimum absolute atomic E-state index is 0.0433. The third-order valence-corrected chi connectivity index (χ3v) is 6.34. The van der Waals surface area contributed by atoms with E-state index >= 15 is 0 Å². The number of hydrogen-bond donors (Lipinski definition) is 1. The summed E-state index contributed by atoms with van der Waals surface area (Å²) in [5, 5.41) is 3.49. The number of aryl methyl sites for hydroxylation is 1. The van der Waals surface area contributed by atoms with Gasteiger partial charge in [-0.3, -0.25) is 9.59 Å². The Kier molecular flexibility index (Phi) is 5.55. The third kappa shape index (κ3) is 4.28. The van der Waals surface area contributed by atoms with E-state index in [2.05, 4.69) is 15.3 Å². The summed E-state index contributed by atoms with van der Waals surface area (Å²) < 4.78 is 0. The number of anilines is 2. The number of nitrogens with one attached hydrogen (secondary N) is 1. The van der Waals surface area contributed by atoms with Gasteiger partial charge in [0, 0.05) is 34.4 Å². The van der Waals surface area contributed by atoms with Crippen molar-refractivity contribution in [3.8, 4) is 0 Å². The lowest BCUT2D eigenvalue weighted by Gasteiger charge is -2.18. The van der Waals surface area contributed by atoms with Crippen molar-refractivity contribution in [1.29, 1.82) is 0 Å². The van der Waals surface area contributed by atoms with Crippen LogP contribution in [0.4, 0.5) is 11.4 Å². The summed E-state index contributed by atoms with van der Waals surface area (Å²) in [7, 11) is 1.76. The molecule has 0 unspecified atom stereocenters. The summed E-state index contributed by atoms with van der Waals surface area (Å²) in [5.41, 5.74) is 3.05. The summed E-state index contributed by atoms with van der Waals surface area (Å²) in [6, 6.07) is 14.9. The van der Waals surface area contributed by atoms with E-state index in [1.165, 1.54) is 23.5 Å². The van der Waals surface area contributed by atoms with Gasteiger partial charge in [0.2, 0.25) is 5.91 Å². The maximum atomic E-state index is 12.7. The molecule has 2 aromatic carbocycles. The molecule has 6 nitrogen and oxygen atoms in total. The van der Waals surface area contributed by atoms with Crippen LogP contribution in [-0.2, 0) is 4.79 Å². The Labute approximate surface area is 177 Å². The summed E-state index contributed by atoms with van der Waals surface area (Å²) in [4.78, 5) is 37.0. The molecular weight excluding hydrogens is 404 g/mol. The van der Waals surface area contributed by atoms with E-state index in [1.54, 1.807) is 18.1 Å². The molecule has 0 fully saturated rings. The van der Waals surface area contributed by atoms with Crippen LogP contribution in [0.25, 0.3) is 0 Å². The fourth-order valence-electron chi connectivity index (χ4n) is 2.91. The number of carbonyl (C=O) groups excluding carboxylic acids is 2. The van der Waals surface area contributed by atoms with Gasteiger partial charge in [-0.25, -0.2) is 9.97 Å². The lowest BCUT2D eigenvalue weighted by Crippen LogP contribution is -2.26. The zero-order chi connectivity index (χ0) is 20.4. The minimum Gasteiger partial charge on any atom is -0.325 e. The first-order chi connectivity index (χ1) is 14.0. The molecule has 0 bridgehead atoms. The normalized spacial score (nSPS) is 12.8. The van der Waals surface area contributed by atoms with E-state index in [9.17, 15) is 9.59 Å². The first-order valence-corrected chi connectivity index (χ1v) is 10.7. The molecule has 0 radical (unpaired) electrons. The first kappa shape index (κ1) is 19.5. The molecule has 146 valence electrons. The maximum Gasteiger partial charge on any atom is 0.259 e. The highest BCUT2D eigenvalue weighted by atomic mass is 32.2. The van der Waals surface area contributed by atoms with E-state index in [0.717, 1.165) is 21.2 Å². The van der Waals surface area contributed by atoms with E-state index < -0.39 is 0 Å². The third-order valence-electron chi connectivity index (χ3n) is 4.35. The number of carbonyl (C=O) groups is 2. The van der Waals surface area contributed by atoms with Gasteiger partial charge in [0.15, 0.2) is 5.16 Å². The Hall–Kier alpha value is -2.84. The van der Waals surface area contributed by atoms with Gasteiger partial charge in [0.05, 0.1) is 17.0 Å². The molecule has 8 heteroatoms. The predicted octanol–water partition coefficient (Wildman–Crippen LogP) is 4.26. The number of thioether (sulfide) groups is 1. The molecule has 0 aliphatic carbocycles. The van der Waals surface area contributed by atoms with Crippen molar-refractivity contribution in [2.45, 2.75) is 21.9 Å². The van der Waals surface area contributed by atoms with Crippen LogP contribution in [0, 0.1) is 6.92 Å². The van der Waals surface area contributed by atoms with Crippen LogP contribution < -0.4 is 10.2 Å². The lowest BCUT2D eigenvalue weighted by atomic mass is 10.2. The number of rotatable bonds is 4. The average molecular weight is 423 g/mol. The Morgan fingerprint density at radius 2 is 2.00 bits per heavy atom. The molecule has 0 saturated heterocycles. The predicted molar refractivity (Wildman–Crippen MR) is 116 cm³/mol. The molecule has 1 aliphatic rings. The van der Waals surface area contributed by atoms with Crippen LogP contribution in [0.1, 0.15) is 16.1 Å².